The molecule has 1 fully saturated rings. The Bertz CT molecular complexity index is 715. The smallest absolute Gasteiger partial charge is 0.341 e. The monoisotopic (exact) mass is 353 g/mol. The number of rotatable bonds is 6. The van der Waals surface area contributed by atoms with Gasteiger partial charge in [0.05, 0.1) is 4.91 Å². The molecule has 1 heterocycles. The number of ether oxygens (including phenoxy) is 1. The minimum atomic E-state index is -1.15. The number of benzene rings is 1. The van der Waals surface area contributed by atoms with E-state index in [1.54, 1.807) is 30.3 Å². The van der Waals surface area contributed by atoms with Gasteiger partial charge in [-0.15, -0.1) is 0 Å². The number of hydrogen-bond acceptors (Lipinski definition) is 6. The Morgan fingerprint density at radius 1 is 1.30 bits per heavy atom. The number of carboxylic acid groups (broad SMARTS) is 2. The molecule has 7 nitrogen and oxygen atoms in total. The van der Waals surface area contributed by atoms with E-state index in [4.69, 9.17) is 27.2 Å². The highest BCUT2D eigenvalue weighted by atomic mass is 32.2. The van der Waals surface area contributed by atoms with Crippen molar-refractivity contribution in [2.45, 2.75) is 0 Å². The van der Waals surface area contributed by atoms with E-state index >= 15 is 0 Å². The van der Waals surface area contributed by atoms with Crippen molar-refractivity contribution in [2.24, 2.45) is 0 Å². The number of carbonyl (C=O) groups excluding carboxylic acids is 1. The molecule has 0 bridgehead atoms. The third kappa shape index (κ3) is 4.54. The zero-order chi connectivity index (χ0) is 17.0. The minimum absolute atomic E-state index is 0.182. The average Bonchev–Trinajstić information content (AvgIpc) is 2.73. The molecule has 1 amide bonds. The number of aliphatic carboxylic acids is 2. The summed E-state index contributed by atoms with van der Waals surface area (Å²) >= 11 is 6.01. The van der Waals surface area contributed by atoms with Crippen molar-refractivity contribution in [3.8, 4) is 5.75 Å². The highest BCUT2D eigenvalue weighted by Gasteiger charge is 2.33. The Kier molecular flexibility index (Phi) is 5.35. The van der Waals surface area contributed by atoms with Gasteiger partial charge in [-0.05, 0) is 23.8 Å². The van der Waals surface area contributed by atoms with Gasteiger partial charge >= 0.3 is 11.9 Å². The Labute approximate surface area is 140 Å². The van der Waals surface area contributed by atoms with Gasteiger partial charge in [-0.2, -0.15) is 0 Å². The number of hydrogen-bond donors (Lipinski definition) is 2. The molecule has 0 spiro atoms. The zero-order valence-corrected chi connectivity index (χ0v) is 13.2. The van der Waals surface area contributed by atoms with Gasteiger partial charge in [0.2, 0.25) is 0 Å². The number of thioether (sulfide) groups is 1. The van der Waals surface area contributed by atoms with Crippen LogP contribution in [0.25, 0.3) is 6.08 Å². The fraction of sp³-hybridized carbons (Fsp3) is 0.143. The summed E-state index contributed by atoms with van der Waals surface area (Å²) in [6.45, 7) is -0.950. The first kappa shape index (κ1) is 17.0. The molecule has 9 heteroatoms. The lowest BCUT2D eigenvalue weighted by Gasteiger charge is -2.10. The summed E-state index contributed by atoms with van der Waals surface area (Å²) in [5.74, 6) is -2.36. The van der Waals surface area contributed by atoms with Gasteiger partial charge in [0.25, 0.3) is 5.91 Å². The van der Waals surface area contributed by atoms with Crippen LogP contribution in [0.2, 0.25) is 0 Å². The number of carboxylic acids is 2. The molecular weight excluding hydrogens is 342 g/mol. The second-order valence-corrected chi connectivity index (χ2v) is 6.09. The summed E-state index contributed by atoms with van der Waals surface area (Å²) in [5, 5.41) is 17.4. The van der Waals surface area contributed by atoms with Crippen LogP contribution in [0.1, 0.15) is 5.56 Å². The molecule has 0 unspecified atom stereocenters. The van der Waals surface area contributed by atoms with Crippen molar-refractivity contribution in [1.82, 2.24) is 4.90 Å². The zero-order valence-electron chi connectivity index (χ0n) is 11.6. The Hall–Kier alpha value is -2.39. The van der Waals surface area contributed by atoms with Crippen LogP contribution in [-0.4, -0.2) is 50.4 Å². The Balaban J connectivity index is 2.17. The van der Waals surface area contributed by atoms with Gasteiger partial charge in [-0.25, -0.2) is 4.79 Å². The molecule has 23 heavy (non-hydrogen) atoms. The molecule has 0 aromatic heterocycles. The molecule has 1 aromatic carbocycles. The molecule has 0 saturated carbocycles. The highest BCUT2D eigenvalue weighted by Crippen LogP contribution is 2.32. The maximum atomic E-state index is 12.1. The van der Waals surface area contributed by atoms with Gasteiger partial charge in [0.1, 0.15) is 16.6 Å². The van der Waals surface area contributed by atoms with Crippen LogP contribution in [-0.2, 0) is 14.4 Å². The molecule has 1 aromatic rings. The normalized spacial score (nSPS) is 16.0. The van der Waals surface area contributed by atoms with E-state index in [0.29, 0.717) is 16.2 Å². The molecule has 2 rings (SSSR count). The fourth-order valence-electron chi connectivity index (χ4n) is 1.76. The molecule has 1 aliphatic rings. The third-order valence-electron chi connectivity index (χ3n) is 2.69. The lowest BCUT2D eigenvalue weighted by atomic mass is 10.2. The molecule has 1 aliphatic heterocycles. The van der Waals surface area contributed by atoms with E-state index in [-0.39, 0.29) is 4.32 Å². The largest absolute Gasteiger partial charge is 0.482 e. The molecule has 1 saturated heterocycles. The van der Waals surface area contributed by atoms with Crippen molar-refractivity contribution < 1.29 is 29.3 Å². The summed E-state index contributed by atoms with van der Waals surface area (Å²) < 4.78 is 5.24. The van der Waals surface area contributed by atoms with Gasteiger partial charge in [0, 0.05) is 0 Å². The number of thiocarbonyl (C=S) groups is 1. The van der Waals surface area contributed by atoms with Crippen molar-refractivity contribution in [3.63, 3.8) is 0 Å². The second kappa shape index (κ2) is 7.25. The van der Waals surface area contributed by atoms with E-state index in [1.165, 1.54) is 0 Å². The van der Waals surface area contributed by atoms with Crippen molar-refractivity contribution in [1.29, 1.82) is 0 Å². The van der Waals surface area contributed by atoms with Gasteiger partial charge in [-0.1, -0.05) is 36.1 Å². The topological polar surface area (TPSA) is 104 Å². The van der Waals surface area contributed by atoms with Crippen LogP contribution in [0.15, 0.2) is 29.2 Å². The van der Waals surface area contributed by atoms with Gasteiger partial charge < -0.3 is 14.9 Å². The number of nitrogens with zero attached hydrogens (tertiary/aromatic N) is 1. The Morgan fingerprint density at radius 3 is 2.70 bits per heavy atom. The van der Waals surface area contributed by atoms with E-state index in [9.17, 15) is 14.4 Å². The average molecular weight is 353 g/mol. The first-order valence-electron chi connectivity index (χ1n) is 6.28. The summed E-state index contributed by atoms with van der Waals surface area (Å²) in [7, 11) is 0. The van der Waals surface area contributed by atoms with Crippen molar-refractivity contribution >= 4 is 52.2 Å². The lowest BCUT2D eigenvalue weighted by molar-refractivity contribution is -0.140. The van der Waals surface area contributed by atoms with Crippen LogP contribution in [0, 0.1) is 0 Å². The van der Waals surface area contributed by atoms with Crippen molar-refractivity contribution in [2.75, 3.05) is 13.2 Å². The van der Waals surface area contributed by atoms with Crippen LogP contribution < -0.4 is 4.74 Å². The lowest BCUT2D eigenvalue weighted by Crippen LogP contribution is -2.33. The SMILES string of the molecule is O=C(O)COc1cccc(/C=C2\SC(=S)N(CC(=O)O)C2=O)c1. The van der Waals surface area contributed by atoms with Crippen LogP contribution in [0.3, 0.4) is 0 Å². The molecular formula is C14H11NO6S2. The van der Waals surface area contributed by atoms with Crippen molar-refractivity contribution in [3.05, 3.63) is 34.7 Å². The Morgan fingerprint density at radius 2 is 2.04 bits per heavy atom. The van der Waals surface area contributed by atoms with E-state index in [2.05, 4.69) is 0 Å². The summed E-state index contributed by atoms with van der Waals surface area (Å²) in [6.07, 6.45) is 1.55. The summed E-state index contributed by atoms with van der Waals surface area (Å²) in [4.78, 5) is 34.7. The second-order valence-electron chi connectivity index (χ2n) is 4.42. The van der Waals surface area contributed by atoms with E-state index in [0.717, 1.165) is 16.7 Å². The third-order valence-corrected chi connectivity index (χ3v) is 4.06. The first-order chi connectivity index (χ1) is 10.9. The minimum Gasteiger partial charge on any atom is -0.482 e. The van der Waals surface area contributed by atoms with E-state index in [1.807, 2.05) is 0 Å². The van der Waals surface area contributed by atoms with Gasteiger partial charge in [-0.3, -0.25) is 14.5 Å². The summed E-state index contributed by atoms with van der Waals surface area (Å²) in [6, 6.07) is 6.53. The maximum absolute atomic E-state index is 12.1. The quantitative estimate of drug-likeness (QED) is 0.585. The molecule has 2 N–H and O–H groups in total. The predicted molar refractivity (Wildman–Crippen MR) is 87.1 cm³/mol. The predicted octanol–water partition coefficient (Wildman–Crippen LogP) is 1.44. The van der Waals surface area contributed by atoms with Crippen LogP contribution >= 0.6 is 24.0 Å². The molecule has 120 valence electrons. The van der Waals surface area contributed by atoms with Crippen LogP contribution in [0.4, 0.5) is 0 Å². The number of carbonyl (C=O) groups is 3. The first-order valence-corrected chi connectivity index (χ1v) is 7.51. The number of amides is 1. The highest BCUT2D eigenvalue weighted by molar-refractivity contribution is 8.26. The summed E-state index contributed by atoms with van der Waals surface area (Å²) in [5.41, 5.74) is 0.615. The molecule has 0 aliphatic carbocycles. The maximum Gasteiger partial charge on any atom is 0.341 e. The van der Waals surface area contributed by atoms with Crippen LogP contribution in [0.5, 0.6) is 5.75 Å². The van der Waals surface area contributed by atoms with E-state index < -0.39 is 31.0 Å². The standard InChI is InChI=1S/C14H11NO6S2/c16-11(17)6-15-13(20)10(23-14(15)22)5-8-2-1-3-9(4-8)21-7-12(18)19/h1-5H,6-7H2,(H,16,17)(H,18,19)/b10-5-. The fourth-order valence-corrected chi connectivity index (χ4v) is 3.02. The molecule has 0 atom stereocenters. The molecule has 0 radical (unpaired) electrons. The van der Waals surface area contributed by atoms with Gasteiger partial charge in [0.15, 0.2) is 6.61 Å².